The molecule has 0 saturated heterocycles. The number of phenolic OH excluding ortho intramolecular Hbond substituents is 1. The Morgan fingerprint density at radius 3 is 2.76 bits per heavy atom. The molecule has 0 heterocycles. The number of aromatic hydroxyl groups is 1. The third kappa shape index (κ3) is 2.78. The van der Waals surface area contributed by atoms with Crippen molar-refractivity contribution in [1.82, 2.24) is 5.32 Å². The summed E-state index contributed by atoms with van der Waals surface area (Å²) in [6.45, 7) is 3.74. The van der Waals surface area contributed by atoms with Crippen molar-refractivity contribution in [3.8, 4) is 5.75 Å². The molecule has 1 aromatic rings. The van der Waals surface area contributed by atoms with Gasteiger partial charge in [0, 0.05) is 23.4 Å². The molecule has 0 amide bonds. The molecule has 1 aliphatic rings. The standard InChI is InChI=1S/C14H21NOS/c1-11-5-3-6-12(13(11)16)9-15-10-14(17-2)7-4-8-14/h3,5-6,15-16H,4,7-10H2,1-2H3. The molecule has 0 radical (unpaired) electrons. The SMILES string of the molecule is CSC1(CNCc2cccc(C)c2O)CCC1. The molecule has 1 aliphatic carbocycles. The number of aryl methyl sites for hydroxylation is 1. The summed E-state index contributed by atoms with van der Waals surface area (Å²) in [5, 5.41) is 13.4. The van der Waals surface area contributed by atoms with E-state index in [0.717, 1.165) is 24.2 Å². The molecule has 0 bridgehead atoms. The minimum Gasteiger partial charge on any atom is -0.507 e. The summed E-state index contributed by atoms with van der Waals surface area (Å²) in [6, 6.07) is 5.93. The van der Waals surface area contributed by atoms with E-state index in [0.29, 0.717) is 10.5 Å². The fourth-order valence-corrected chi connectivity index (χ4v) is 3.25. The maximum Gasteiger partial charge on any atom is 0.122 e. The van der Waals surface area contributed by atoms with E-state index in [2.05, 4.69) is 11.6 Å². The summed E-state index contributed by atoms with van der Waals surface area (Å²) < 4.78 is 0.458. The molecule has 2 rings (SSSR count). The Kier molecular flexibility index (Phi) is 4.00. The van der Waals surface area contributed by atoms with Gasteiger partial charge in [-0.15, -0.1) is 0 Å². The van der Waals surface area contributed by atoms with Crippen LogP contribution >= 0.6 is 11.8 Å². The zero-order valence-corrected chi connectivity index (χ0v) is 11.4. The van der Waals surface area contributed by atoms with Crippen LogP contribution in [0.4, 0.5) is 0 Å². The first-order chi connectivity index (χ1) is 8.17. The van der Waals surface area contributed by atoms with Crippen LogP contribution in [-0.4, -0.2) is 22.7 Å². The van der Waals surface area contributed by atoms with Crippen molar-refractivity contribution in [2.24, 2.45) is 0 Å². The Balaban J connectivity index is 1.88. The predicted octanol–water partition coefficient (Wildman–Crippen LogP) is 3.08. The highest BCUT2D eigenvalue weighted by atomic mass is 32.2. The van der Waals surface area contributed by atoms with Crippen LogP contribution in [0.25, 0.3) is 0 Å². The van der Waals surface area contributed by atoms with Gasteiger partial charge >= 0.3 is 0 Å². The van der Waals surface area contributed by atoms with Crippen LogP contribution in [0.2, 0.25) is 0 Å². The van der Waals surface area contributed by atoms with Crippen LogP contribution in [0.15, 0.2) is 18.2 Å². The van der Waals surface area contributed by atoms with Crippen LogP contribution in [0.1, 0.15) is 30.4 Å². The van der Waals surface area contributed by atoms with Crippen LogP contribution in [0.3, 0.4) is 0 Å². The lowest BCUT2D eigenvalue weighted by molar-refractivity contribution is 0.344. The Morgan fingerprint density at radius 2 is 2.18 bits per heavy atom. The zero-order chi connectivity index (χ0) is 12.3. The van der Waals surface area contributed by atoms with Crippen LogP contribution in [0.5, 0.6) is 5.75 Å². The minimum atomic E-state index is 0.437. The monoisotopic (exact) mass is 251 g/mol. The second kappa shape index (κ2) is 5.32. The first-order valence-electron chi connectivity index (χ1n) is 6.20. The topological polar surface area (TPSA) is 32.3 Å². The average Bonchev–Trinajstić information content (AvgIpc) is 2.28. The number of nitrogens with one attached hydrogen (secondary N) is 1. The first-order valence-corrected chi connectivity index (χ1v) is 7.43. The third-order valence-electron chi connectivity index (χ3n) is 3.78. The van der Waals surface area contributed by atoms with Crippen LogP contribution in [0, 0.1) is 6.92 Å². The Morgan fingerprint density at radius 1 is 1.41 bits per heavy atom. The lowest BCUT2D eigenvalue weighted by Gasteiger charge is -2.40. The lowest BCUT2D eigenvalue weighted by atomic mass is 9.84. The summed E-state index contributed by atoms with van der Waals surface area (Å²) in [4.78, 5) is 0. The van der Waals surface area contributed by atoms with E-state index < -0.39 is 0 Å². The van der Waals surface area contributed by atoms with E-state index in [-0.39, 0.29) is 0 Å². The molecular formula is C14H21NOS. The number of phenols is 1. The van der Waals surface area contributed by atoms with Gasteiger partial charge in [-0.3, -0.25) is 0 Å². The van der Waals surface area contributed by atoms with Gasteiger partial charge in [0.05, 0.1) is 0 Å². The van der Waals surface area contributed by atoms with Crippen molar-refractivity contribution in [3.05, 3.63) is 29.3 Å². The van der Waals surface area contributed by atoms with E-state index in [4.69, 9.17) is 0 Å². The number of para-hydroxylation sites is 1. The molecule has 1 aromatic carbocycles. The van der Waals surface area contributed by atoms with Gasteiger partial charge in [-0.25, -0.2) is 0 Å². The van der Waals surface area contributed by atoms with Gasteiger partial charge in [-0.2, -0.15) is 11.8 Å². The minimum absolute atomic E-state index is 0.437. The summed E-state index contributed by atoms with van der Waals surface area (Å²) in [6.07, 6.45) is 6.20. The van der Waals surface area contributed by atoms with Gasteiger partial charge in [0.1, 0.15) is 5.75 Å². The summed E-state index contributed by atoms with van der Waals surface area (Å²) >= 11 is 1.98. The van der Waals surface area contributed by atoms with Crippen molar-refractivity contribution < 1.29 is 5.11 Å². The lowest BCUT2D eigenvalue weighted by Crippen LogP contribution is -2.43. The smallest absolute Gasteiger partial charge is 0.122 e. The number of benzene rings is 1. The van der Waals surface area contributed by atoms with Gasteiger partial charge in [-0.05, 0) is 31.6 Å². The summed E-state index contributed by atoms with van der Waals surface area (Å²) in [5.74, 6) is 0.437. The third-order valence-corrected chi connectivity index (χ3v) is 5.20. The largest absolute Gasteiger partial charge is 0.507 e. The molecule has 3 heteroatoms. The fourth-order valence-electron chi connectivity index (χ4n) is 2.31. The second-order valence-electron chi connectivity index (χ2n) is 4.93. The van der Waals surface area contributed by atoms with Crippen molar-refractivity contribution in [1.29, 1.82) is 0 Å². The van der Waals surface area contributed by atoms with Crippen molar-refractivity contribution in [3.63, 3.8) is 0 Å². The Hall–Kier alpha value is -0.670. The molecule has 1 saturated carbocycles. The van der Waals surface area contributed by atoms with E-state index in [1.807, 2.05) is 36.9 Å². The molecule has 1 fully saturated rings. The highest BCUT2D eigenvalue weighted by Crippen LogP contribution is 2.42. The Bertz CT molecular complexity index is 382. The number of hydrogen-bond donors (Lipinski definition) is 2. The number of thioether (sulfide) groups is 1. The highest BCUT2D eigenvalue weighted by molar-refractivity contribution is 8.00. The van der Waals surface area contributed by atoms with E-state index in [1.54, 1.807) is 0 Å². The van der Waals surface area contributed by atoms with Crippen LogP contribution < -0.4 is 5.32 Å². The second-order valence-corrected chi connectivity index (χ2v) is 6.20. The molecular weight excluding hydrogens is 230 g/mol. The quantitative estimate of drug-likeness (QED) is 0.843. The normalized spacial score (nSPS) is 17.8. The first kappa shape index (κ1) is 12.8. The molecule has 0 unspecified atom stereocenters. The maximum atomic E-state index is 9.91. The van der Waals surface area contributed by atoms with Crippen LogP contribution in [-0.2, 0) is 6.54 Å². The van der Waals surface area contributed by atoms with Gasteiger partial charge in [-0.1, -0.05) is 24.6 Å². The molecule has 17 heavy (non-hydrogen) atoms. The average molecular weight is 251 g/mol. The highest BCUT2D eigenvalue weighted by Gasteiger charge is 2.35. The molecule has 2 N–H and O–H groups in total. The number of hydrogen-bond acceptors (Lipinski definition) is 3. The molecule has 0 aromatic heterocycles. The maximum absolute atomic E-state index is 9.91. The Labute approximate surface area is 108 Å². The van der Waals surface area contributed by atoms with Gasteiger partial charge < -0.3 is 10.4 Å². The van der Waals surface area contributed by atoms with Gasteiger partial charge in [0.25, 0.3) is 0 Å². The zero-order valence-electron chi connectivity index (χ0n) is 10.6. The van der Waals surface area contributed by atoms with E-state index in [1.165, 1.54) is 19.3 Å². The fraction of sp³-hybridized carbons (Fsp3) is 0.571. The van der Waals surface area contributed by atoms with E-state index >= 15 is 0 Å². The predicted molar refractivity (Wildman–Crippen MR) is 74.6 cm³/mol. The van der Waals surface area contributed by atoms with Crippen molar-refractivity contribution in [2.75, 3.05) is 12.8 Å². The van der Waals surface area contributed by atoms with E-state index in [9.17, 15) is 5.11 Å². The molecule has 0 spiro atoms. The van der Waals surface area contributed by atoms with Crippen molar-refractivity contribution in [2.45, 2.75) is 37.5 Å². The summed E-state index contributed by atoms with van der Waals surface area (Å²) in [5.41, 5.74) is 1.95. The summed E-state index contributed by atoms with van der Waals surface area (Å²) in [7, 11) is 0. The molecule has 94 valence electrons. The molecule has 2 nitrogen and oxygen atoms in total. The van der Waals surface area contributed by atoms with Gasteiger partial charge in [0.15, 0.2) is 0 Å². The number of rotatable bonds is 5. The van der Waals surface area contributed by atoms with Gasteiger partial charge in [0.2, 0.25) is 0 Å². The van der Waals surface area contributed by atoms with Crippen molar-refractivity contribution >= 4 is 11.8 Å². The molecule has 0 aliphatic heterocycles. The molecule has 0 atom stereocenters.